The van der Waals surface area contributed by atoms with Crippen molar-refractivity contribution in [2.75, 3.05) is 25.5 Å². The average Bonchev–Trinajstić information content (AvgIpc) is 2.70. The predicted octanol–water partition coefficient (Wildman–Crippen LogP) is 3.98. The fourth-order valence-corrected chi connectivity index (χ4v) is 3.52. The van der Waals surface area contributed by atoms with Crippen molar-refractivity contribution >= 4 is 11.5 Å². The second-order valence-corrected chi connectivity index (χ2v) is 7.09. The quantitative estimate of drug-likeness (QED) is 0.728. The molecule has 2 aromatic heterocycles. The summed E-state index contributed by atoms with van der Waals surface area (Å²) < 4.78 is 5.38. The lowest BCUT2D eigenvalue weighted by Gasteiger charge is -2.27. The first-order valence-electron chi connectivity index (χ1n) is 9.63. The van der Waals surface area contributed by atoms with E-state index in [9.17, 15) is 0 Å². The summed E-state index contributed by atoms with van der Waals surface area (Å²) in [5, 5.41) is 3.51. The summed E-state index contributed by atoms with van der Waals surface area (Å²) >= 11 is 0. The number of pyridine rings is 1. The molecule has 3 aromatic rings. The molecule has 0 aliphatic carbocycles. The van der Waals surface area contributed by atoms with Gasteiger partial charge in [-0.05, 0) is 56.1 Å². The lowest BCUT2D eigenvalue weighted by Crippen LogP contribution is -2.27. The number of fused-ring (bicyclic) bond motifs is 1. The fraction of sp³-hybridized carbons (Fsp3) is 0.318. The maximum Gasteiger partial charge on any atom is 0.232 e. The highest BCUT2D eigenvalue weighted by atomic mass is 16.5. The van der Waals surface area contributed by atoms with E-state index in [1.54, 1.807) is 12.4 Å². The third-order valence-corrected chi connectivity index (χ3v) is 4.98. The van der Waals surface area contributed by atoms with Gasteiger partial charge in [0.25, 0.3) is 0 Å². The Morgan fingerprint density at radius 2 is 2.04 bits per heavy atom. The maximum atomic E-state index is 5.38. The first-order valence-corrected chi connectivity index (χ1v) is 9.63. The molecule has 0 fully saturated rings. The van der Waals surface area contributed by atoms with Gasteiger partial charge in [-0.2, -0.15) is 0 Å². The van der Waals surface area contributed by atoms with E-state index in [-0.39, 0.29) is 0 Å². The van der Waals surface area contributed by atoms with Crippen molar-refractivity contribution in [3.05, 3.63) is 59.4 Å². The highest BCUT2D eigenvalue weighted by molar-refractivity contribution is 5.67. The van der Waals surface area contributed by atoms with E-state index in [0.29, 0.717) is 12.5 Å². The fourth-order valence-electron chi connectivity index (χ4n) is 3.52. The van der Waals surface area contributed by atoms with Gasteiger partial charge >= 0.3 is 0 Å². The molecule has 0 saturated carbocycles. The Hall–Kier alpha value is -2.99. The number of hydrogen-bond acceptors (Lipinski definition) is 6. The maximum absolute atomic E-state index is 5.38. The van der Waals surface area contributed by atoms with Crippen LogP contribution in [-0.4, -0.2) is 40.1 Å². The molecule has 6 heteroatoms. The molecule has 1 N–H and O–H groups in total. The van der Waals surface area contributed by atoms with Crippen molar-refractivity contribution in [2.45, 2.75) is 26.8 Å². The van der Waals surface area contributed by atoms with Gasteiger partial charge in [-0.3, -0.25) is 0 Å². The summed E-state index contributed by atoms with van der Waals surface area (Å²) in [5.41, 5.74) is 6.51. The highest BCUT2D eigenvalue weighted by Gasteiger charge is 2.16. The van der Waals surface area contributed by atoms with Crippen LogP contribution in [0.25, 0.3) is 11.4 Å². The number of aryl methyl sites for hydroxylation is 1. The van der Waals surface area contributed by atoms with Crippen LogP contribution in [0.1, 0.15) is 23.6 Å². The Morgan fingerprint density at radius 1 is 1.14 bits per heavy atom. The van der Waals surface area contributed by atoms with E-state index in [1.165, 1.54) is 11.1 Å². The molecule has 0 bridgehead atoms. The van der Waals surface area contributed by atoms with Crippen LogP contribution >= 0.6 is 0 Å². The van der Waals surface area contributed by atoms with E-state index in [4.69, 9.17) is 9.72 Å². The Bertz CT molecular complexity index is 971. The zero-order valence-electron chi connectivity index (χ0n) is 16.6. The number of nitrogens with one attached hydrogen (secondary N) is 1. The normalized spacial score (nSPS) is 13.8. The van der Waals surface area contributed by atoms with E-state index in [2.05, 4.69) is 51.5 Å². The number of likely N-dealkylation sites (N-methyl/N-ethyl adjacent to an activating group) is 1. The molecular formula is C22H25N5O. The van der Waals surface area contributed by atoms with Crippen molar-refractivity contribution < 1.29 is 4.74 Å². The topological polar surface area (TPSA) is 63.2 Å². The first-order chi connectivity index (χ1) is 13.6. The van der Waals surface area contributed by atoms with Crippen LogP contribution in [-0.2, 0) is 13.0 Å². The summed E-state index contributed by atoms with van der Waals surface area (Å²) in [6.07, 6.45) is 4.40. The molecule has 0 atom stereocenters. The summed E-state index contributed by atoms with van der Waals surface area (Å²) in [7, 11) is 2.16. The molecule has 4 rings (SSSR count). The minimum absolute atomic E-state index is 0.527. The van der Waals surface area contributed by atoms with Gasteiger partial charge in [-0.25, -0.2) is 15.0 Å². The first kappa shape index (κ1) is 18.4. The van der Waals surface area contributed by atoms with Gasteiger partial charge in [0.05, 0.1) is 24.7 Å². The molecular weight excluding hydrogens is 350 g/mol. The van der Waals surface area contributed by atoms with Gasteiger partial charge < -0.3 is 15.0 Å². The summed E-state index contributed by atoms with van der Waals surface area (Å²) in [5.74, 6) is 1.34. The van der Waals surface area contributed by atoms with E-state index >= 15 is 0 Å². The molecule has 1 aliphatic rings. The zero-order valence-corrected chi connectivity index (χ0v) is 16.6. The van der Waals surface area contributed by atoms with Crippen molar-refractivity contribution in [3.8, 4) is 17.3 Å². The highest BCUT2D eigenvalue weighted by Crippen LogP contribution is 2.29. The third-order valence-electron chi connectivity index (χ3n) is 4.98. The Labute approximate surface area is 165 Å². The lowest BCUT2D eigenvalue weighted by molar-refractivity contribution is 0.313. The van der Waals surface area contributed by atoms with Crippen LogP contribution in [0.3, 0.4) is 0 Å². The number of aromatic nitrogens is 3. The van der Waals surface area contributed by atoms with Gasteiger partial charge in [-0.15, -0.1) is 0 Å². The molecule has 1 aliphatic heterocycles. The molecule has 0 unspecified atom stereocenters. The minimum Gasteiger partial charge on any atom is -0.477 e. The monoisotopic (exact) mass is 375 g/mol. The number of benzene rings is 1. The van der Waals surface area contributed by atoms with Crippen LogP contribution in [0.2, 0.25) is 0 Å². The summed E-state index contributed by atoms with van der Waals surface area (Å²) in [6.45, 7) is 6.59. The van der Waals surface area contributed by atoms with Gasteiger partial charge in [0.1, 0.15) is 11.5 Å². The molecule has 0 amide bonds. The molecule has 6 nitrogen and oxygen atoms in total. The molecule has 0 radical (unpaired) electrons. The molecule has 144 valence electrons. The predicted molar refractivity (Wildman–Crippen MR) is 111 cm³/mol. The standard InChI is InChI=1S/C22H25N5O/c1-4-28-21-13-23-19(12-24-21)22-15(2)8-9-20(26-22)25-18-7-5-6-16-14-27(3)11-10-17(16)18/h5-9,12-13H,4,10-11,14H2,1-3H3,(H,25,26). The lowest BCUT2D eigenvalue weighted by atomic mass is 9.98. The van der Waals surface area contributed by atoms with Gasteiger partial charge in [0, 0.05) is 18.8 Å². The van der Waals surface area contributed by atoms with Crippen LogP contribution in [0.15, 0.2) is 42.7 Å². The van der Waals surface area contributed by atoms with Crippen molar-refractivity contribution in [3.63, 3.8) is 0 Å². The van der Waals surface area contributed by atoms with Crippen molar-refractivity contribution in [1.82, 2.24) is 19.9 Å². The summed E-state index contributed by atoms with van der Waals surface area (Å²) in [6, 6.07) is 10.5. The Morgan fingerprint density at radius 3 is 2.82 bits per heavy atom. The van der Waals surface area contributed by atoms with Gasteiger partial charge in [-0.1, -0.05) is 18.2 Å². The molecule has 28 heavy (non-hydrogen) atoms. The second kappa shape index (κ2) is 7.94. The SMILES string of the molecule is CCOc1cnc(-c2nc(Nc3cccc4c3CCN(C)C4)ccc2C)cn1. The Balaban J connectivity index is 1.62. The zero-order chi connectivity index (χ0) is 19.5. The van der Waals surface area contributed by atoms with Crippen LogP contribution in [0.4, 0.5) is 11.5 Å². The van der Waals surface area contributed by atoms with Crippen LogP contribution in [0.5, 0.6) is 5.88 Å². The number of hydrogen-bond donors (Lipinski definition) is 1. The van der Waals surface area contributed by atoms with Crippen molar-refractivity contribution in [1.29, 1.82) is 0 Å². The minimum atomic E-state index is 0.527. The van der Waals surface area contributed by atoms with Crippen LogP contribution < -0.4 is 10.1 Å². The third kappa shape index (κ3) is 3.82. The smallest absolute Gasteiger partial charge is 0.232 e. The number of anilines is 2. The van der Waals surface area contributed by atoms with Gasteiger partial charge in [0.15, 0.2) is 0 Å². The number of ether oxygens (including phenoxy) is 1. The number of nitrogens with zero attached hydrogens (tertiary/aromatic N) is 4. The van der Waals surface area contributed by atoms with Gasteiger partial charge in [0.2, 0.25) is 5.88 Å². The van der Waals surface area contributed by atoms with Crippen molar-refractivity contribution in [2.24, 2.45) is 0 Å². The second-order valence-electron chi connectivity index (χ2n) is 7.09. The molecule has 0 spiro atoms. The van der Waals surface area contributed by atoms with E-state index < -0.39 is 0 Å². The average molecular weight is 375 g/mol. The largest absolute Gasteiger partial charge is 0.477 e. The van der Waals surface area contributed by atoms with E-state index in [0.717, 1.165) is 48.0 Å². The van der Waals surface area contributed by atoms with Crippen LogP contribution in [0, 0.1) is 6.92 Å². The molecule has 0 saturated heterocycles. The Kier molecular flexibility index (Phi) is 5.21. The number of rotatable bonds is 5. The summed E-state index contributed by atoms with van der Waals surface area (Å²) in [4.78, 5) is 15.9. The molecule has 1 aromatic carbocycles. The van der Waals surface area contributed by atoms with E-state index in [1.807, 2.05) is 19.9 Å². The molecule has 3 heterocycles.